The molecular formula is C17H23N3O2. The first-order valence-electron chi connectivity index (χ1n) is 7.81. The van der Waals surface area contributed by atoms with Gasteiger partial charge >= 0.3 is 0 Å². The van der Waals surface area contributed by atoms with Crippen LogP contribution in [0.3, 0.4) is 0 Å². The van der Waals surface area contributed by atoms with Crippen LogP contribution in [0.4, 0.5) is 0 Å². The molecule has 0 atom stereocenters. The van der Waals surface area contributed by atoms with Crippen molar-refractivity contribution in [1.29, 1.82) is 0 Å². The number of benzene rings is 1. The van der Waals surface area contributed by atoms with Crippen molar-refractivity contribution in [3.63, 3.8) is 0 Å². The van der Waals surface area contributed by atoms with Crippen LogP contribution in [0.5, 0.6) is 0 Å². The molecular weight excluding hydrogens is 278 g/mol. The van der Waals surface area contributed by atoms with E-state index in [2.05, 4.69) is 15.5 Å². The van der Waals surface area contributed by atoms with Gasteiger partial charge in [0.15, 0.2) is 0 Å². The molecule has 0 aliphatic rings. The van der Waals surface area contributed by atoms with Crippen molar-refractivity contribution in [2.45, 2.75) is 40.0 Å². The van der Waals surface area contributed by atoms with Crippen LogP contribution in [0, 0.1) is 12.8 Å². The molecule has 2 aromatic rings. The standard InChI is InChI=1S/C17H23N3O2/c1-4-13(5-2)16(21)18-11-10-15-19-20-17(22-15)14-9-7-6-8-12(14)3/h6-9,13H,4-5,10-11H2,1-3H3,(H,18,21). The molecule has 0 unspecified atom stereocenters. The fourth-order valence-electron chi connectivity index (χ4n) is 2.37. The Labute approximate surface area is 131 Å². The van der Waals surface area contributed by atoms with Crippen LogP contribution < -0.4 is 5.32 Å². The molecule has 5 heteroatoms. The maximum Gasteiger partial charge on any atom is 0.247 e. The number of nitrogens with one attached hydrogen (secondary N) is 1. The summed E-state index contributed by atoms with van der Waals surface area (Å²) in [4.78, 5) is 11.9. The van der Waals surface area contributed by atoms with Gasteiger partial charge in [-0.2, -0.15) is 0 Å². The van der Waals surface area contributed by atoms with Crippen LogP contribution in [0.25, 0.3) is 11.5 Å². The maximum absolute atomic E-state index is 11.9. The minimum Gasteiger partial charge on any atom is -0.421 e. The molecule has 0 aliphatic carbocycles. The van der Waals surface area contributed by atoms with Gasteiger partial charge < -0.3 is 9.73 Å². The first-order valence-corrected chi connectivity index (χ1v) is 7.81. The van der Waals surface area contributed by atoms with Crippen LogP contribution in [-0.4, -0.2) is 22.6 Å². The molecule has 0 saturated heterocycles. The van der Waals surface area contributed by atoms with Gasteiger partial charge in [0.1, 0.15) is 0 Å². The summed E-state index contributed by atoms with van der Waals surface area (Å²) in [6.45, 7) is 6.58. The van der Waals surface area contributed by atoms with Crippen LogP contribution in [0.1, 0.15) is 38.1 Å². The van der Waals surface area contributed by atoms with Crippen molar-refractivity contribution < 1.29 is 9.21 Å². The van der Waals surface area contributed by atoms with E-state index in [0.29, 0.717) is 24.7 Å². The molecule has 0 saturated carbocycles. The zero-order chi connectivity index (χ0) is 15.9. The highest BCUT2D eigenvalue weighted by atomic mass is 16.4. The van der Waals surface area contributed by atoms with E-state index in [-0.39, 0.29) is 11.8 Å². The van der Waals surface area contributed by atoms with E-state index < -0.39 is 0 Å². The normalized spacial score (nSPS) is 10.9. The van der Waals surface area contributed by atoms with Gasteiger partial charge in [0.2, 0.25) is 17.7 Å². The number of hydrogen-bond donors (Lipinski definition) is 1. The molecule has 1 N–H and O–H groups in total. The fourth-order valence-corrected chi connectivity index (χ4v) is 2.37. The second kappa shape index (κ2) is 7.73. The molecule has 1 heterocycles. The lowest BCUT2D eigenvalue weighted by Crippen LogP contribution is -2.31. The van der Waals surface area contributed by atoms with E-state index in [1.54, 1.807) is 0 Å². The number of aryl methyl sites for hydroxylation is 1. The van der Waals surface area contributed by atoms with E-state index in [4.69, 9.17) is 4.42 Å². The minimum absolute atomic E-state index is 0.0882. The largest absolute Gasteiger partial charge is 0.421 e. The zero-order valence-corrected chi connectivity index (χ0v) is 13.4. The third kappa shape index (κ3) is 3.93. The number of carbonyl (C=O) groups excluding carboxylic acids is 1. The molecule has 0 bridgehead atoms. The molecule has 2 rings (SSSR count). The van der Waals surface area contributed by atoms with Crippen LogP contribution in [0.15, 0.2) is 28.7 Å². The van der Waals surface area contributed by atoms with E-state index in [1.807, 2.05) is 45.0 Å². The van der Waals surface area contributed by atoms with Gasteiger partial charge in [-0.05, 0) is 31.4 Å². The van der Waals surface area contributed by atoms with E-state index in [1.165, 1.54) is 0 Å². The minimum atomic E-state index is 0.0882. The predicted octanol–water partition coefficient (Wildman–Crippen LogP) is 3.14. The van der Waals surface area contributed by atoms with Gasteiger partial charge in [0.25, 0.3) is 0 Å². The van der Waals surface area contributed by atoms with Gasteiger partial charge in [-0.1, -0.05) is 32.0 Å². The molecule has 0 fully saturated rings. The summed E-state index contributed by atoms with van der Waals surface area (Å²) in [5, 5.41) is 11.1. The number of nitrogens with zero attached hydrogens (tertiary/aromatic N) is 2. The Balaban J connectivity index is 1.91. The molecule has 1 aromatic heterocycles. The number of amides is 1. The average Bonchev–Trinajstić information content (AvgIpc) is 2.97. The second-order valence-electron chi connectivity index (χ2n) is 5.37. The Bertz CT molecular complexity index is 618. The third-order valence-electron chi connectivity index (χ3n) is 3.84. The highest BCUT2D eigenvalue weighted by molar-refractivity contribution is 5.78. The van der Waals surface area contributed by atoms with Gasteiger partial charge in [-0.25, -0.2) is 0 Å². The smallest absolute Gasteiger partial charge is 0.247 e. The summed E-state index contributed by atoms with van der Waals surface area (Å²) in [6.07, 6.45) is 2.27. The highest BCUT2D eigenvalue weighted by Crippen LogP contribution is 2.21. The quantitative estimate of drug-likeness (QED) is 0.853. The fraction of sp³-hybridized carbons (Fsp3) is 0.471. The number of carbonyl (C=O) groups is 1. The van der Waals surface area contributed by atoms with Crippen LogP contribution in [-0.2, 0) is 11.2 Å². The number of rotatable bonds is 7. The third-order valence-corrected chi connectivity index (χ3v) is 3.84. The Kier molecular flexibility index (Phi) is 5.69. The summed E-state index contributed by atoms with van der Waals surface area (Å²) in [7, 11) is 0. The van der Waals surface area contributed by atoms with Gasteiger partial charge in [0.05, 0.1) is 0 Å². The van der Waals surface area contributed by atoms with Gasteiger partial charge in [-0.15, -0.1) is 10.2 Å². The Morgan fingerprint density at radius 2 is 1.95 bits per heavy atom. The Hall–Kier alpha value is -2.17. The maximum atomic E-state index is 11.9. The first-order chi connectivity index (χ1) is 10.7. The predicted molar refractivity (Wildman–Crippen MR) is 85.3 cm³/mol. The molecule has 1 amide bonds. The summed E-state index contributed by atoms with van der Waals surface area (Å²) in [6, 6.07) is 7.89. The van der Waals surface area contributed by atoms with Crippen molar-refractivity contribution in [3.8, 4) is 11.5 Å². The number of aromatic nitrogens is 2. The topological polar surface area (TPSA) is 68.0 Å². The average molecular weight is 301 g/mol. The van der Waals surface area contributed by atoms with E-state index in [9.17, 15) is 4.79 Å². The highest BCUT2D eigenvalue weighted by Gasteiger charge is 2.14. The lowest BCUT2D eigenvalue weighted by atomic mass is 10.0. The molecule has 22 heavy (non-hydrogen) atoms. The van der Waals surface area contributed by atoms with Crippen molar-refractivity contribution in [2.75, 3.05) is 6.54 Å². The summed E-state index contributed by atoms with van der Waals surface area (Å²) < 4.78 is 5.67. The van der Waals surface area contributed by atoms with Gasteiger partial charge in [-0.3, -0.25) is 4.79 Å². The molecule has 5 nitrogen and oxygen atoms in total. The van der Waals surface area contributed by atoms with Crippen molar-refractivity contribution in [1.82, 2.24) is 15.5 Å². The van der Waals surface area contributed by atoms with Gasteiger partial charge in [0, 0.05) is 24.4 Å². The van der Waals surface area contributed by atoms with Crippen molar-refractivity contribution in [2.24, 2.45) is 5.92 Å². The molecule has 1 aromatic carbocycles. The van der Waals surface area contributed by atoms with Crippen molar-refractivity contribution >= 4 is 5.91 Å². The Morgan fingerprint density at radius 1 is 1.23 bits per heavy atom. The first kappa shape index (κ1) is 16.2. The number of hydrogen-bond acceptors (Lipinski definition) is 4. The molecule has 0 radical (unpaired) electrons. The Morgan fingerprint density at radius 3 is 2.64 bits per heavy atom. The molecule has 0 aliphatic heterocycles. The summed E-state index contributed by atoms with van der Waals surface area (Å²) in [5.74, 6) is 1.26. The van der Waals surface area contributed by atoms with Crippen LogP contribution in [0.2, 0.25) is 0 Å². The zero-order valence-electron chi connectivity index (χ0n) is 13.4. The lowest BCUT2D eigenvalue weighted by molar-refractivity contribution is -0.125. The second-order valence-corrected chi connectivity index (χ2v) is 5.37. The van der Waals surface area contributed by atoms with E-state index >= 15 is 0 Å². The van der Waals surface area contributed by atoms with Crippen LogP contribution >= 0.6 is 0 Å². The molecule has 118 valence electrons. The summed E-state index contributed by atoms with van der Waals surface area (Å²) >= 11 is 0. The summed E-state index contributed by atoms with van der Waals surface area (Å²) in [5.41, 5.74) is 2.04. The SMILES string of the molecule is CCC(CC)C(=O)NCCc1nnc(-c2ccccc2C)o1. The monoisotopic (exact) mass is 301 g/mol. The van der Waals surface area contributed by atoms with Crippen molar-refractivity contribution in [3.05, 3.63) is 35.7 Å². The lowest BCUT2D eigenvalue weighted by Gasteiger charge is -2.11. The van der Waals surface area contributed by atoms with E-state index in [0.717, 1.165) is 24.0 Å². The molecule has 0 spiro atoms.